The highest BCUT2D eigenvalue weighted by atomic mass is 14.2. The summed E-state index contributed by atoms with van der Waals surface area (Å²) in [6.07, 6.45) is 0. The van der Waals surface area contributed by atoms with Crippen molar-refractivity contribution in [1.29, 1.82) is 0 Å². The fourth-order valence-corrected chi connectivity index (χ4v) is 8.56. The Kier molecular flexibility index (Phi) is 7.70. The highest BCUT2D eigenvalue weighted by molar-refractivity contribution is 6.25. The lowest BCUT2D eigenvalue weighted by atomic mass is 9.81. The highest BCUT2D eigenvalue weighted by Crippen LogP contribution is 2.49. The zero-order valence-corrected chi connectivity index (χ0v) is 30.5. The van der Waals surface area contributed by atoms with Gasteiger partial charge in [0.2, 0.25) is 0 Å². The Morgan fingerprint density at radius 2 is 0.685 bits per heavy atom. The van der Waals surface area contributed by atoms with Crippen molar-refractivity contribution in [3.63, 3.8) is 0 Å². The standard InChI is InChI=1S/C54H38/c1-35-28-41-33-50-51(34-42(41)29-36(35)2)54(49-27-26-39-20-12-13-23-46(39)52(49)40-21-10-5-11-22-40)48-25-15-14-24-47(48)53(50)45-31-43(37-16-6-3-7-17-37)30-44(32-45)38-18-8-4-9-19-38/h3-34H,1-2H3. The Labute approximate surface area is 316 Å². The summed E-state index contributed by atoms with van der Waals surface area (Å²) in [7, 11) is 0. The van der Waals surface area contributed by atoms with Gasteiger partial charge in [-0.2, -0.15) is 0 Å². The van der Waals surface area contributed by atoms with Crippen LogP contribution in [0.5, 0.6) is 0 Å². The number of hydrogen-bond donors (Lipinski definition) is 0. The second-order valence-electron chi connectivity index (χ2n) is 14.6. The average Bonchev–Trinajstić information content (AvgIpc) is 3.23. The van der Waals surface area contributed by atoms with Crippen LogP contribution < -0.4 is 0 Å². The lowest BCUT2D eigenvalue weighted by Crippen LogP contribution is -1.95. The summed E-state index contributed by atoms with van der Waals surface area (Å²) >= 11 is 0. The fraction of sp³-hybridized carbons (Fsp3) is 0.0370. The van der Waals surface area contributed by atoms with E-state index in [2.05, 4.69) is 208 Å². The van der Waals surface area contributed by atoms with Crippen LogP contribution in [0.4, 0.5) is 0 Å². The van der Waals surface area contributed by atoms with Gasteiger partial charge in [0.25, 0.3) is 0 Å². The van der Waals surface area contributed by atoms with E-state index in [0.717, 1.165) is 0 Å². The molecule has 0 unspecified atom stereocenters. The van der Waals surface area contributed by atoms with Crippen molar-refractivity contribution in [2.24, 2.45) is 0 Å². The third kappa shape index (κ3) is 5.38. The monoisotopic (exact) mass is 686 g/mol. The number of benzene rings is 10. The molecule has 0 radical (unpaired) electrons. The summed E-state index contributed by atoms with van der Waals surface area (Å²) in [5, 5.41) is 10.1. The summed E-state index contributed by atoms with van der Waals surface area (Å²) in [6.45, 7) is 4.45. The minimum atomic E-state index is 1.21. The maximum absolute atomic E-state index is 2.46. The third-order valence-electron chi connectivity index (χ3n) is 11.3. The Morgan fingerprint density at radius 1 is 0.241 bits per heavy atom. The largest absolute Gasteiger partial charge is 0.0622 e. The van der Waals surface area contributed by atoms with Gasteiger partial charge in [0.15, 0.2) is 0 Å². The average molecular weight is 687 g/mol. The molecule has 0 heteroatoms. The van der Waals surface area contributed by atoms with E-state index < -0.39 is 0 Å². The zero-order chi connectivity index (χ0) is 36.2. The molecule has 54 heavy (non-hydrogen) atoms. The van der Waals surface area contributed by atoms with Crippen LogP contribution in [-0.2, 0) is 0 Å². The lowest BCUT2D eigenvalue weighted by Gasteiger charge is -2.22. The van der Waals surface area contributed by atoms with Gasteiger partial charge in [0.1, 0.15) is 0 Å². The van der Waals surface area contributed by atoms with Crippen LogP contribution in [0.1, 0.15) is 11.1 Å². The van der Waals surface area contributed by atoms with Gasteiger partial charge >= 0.3 is 0 Å². The molecule has 10 aromatic carbocycles. The van der Waals surface area contributed by atoms with Gasteiger partial charge < -0.3 is 0 Å². The molecule has 0 saturated carbocycles. The predicted octanol–water partition coefficient (Wildman–Crippen LogP) is 15.3. The maximum Gasteiger partial charge on any atom is -0.00197 e. The normalized spacial score (nSPS) is 11.5. The Bertz CT molecular complexity index is 2970. The van der Waals surface area contributed by atoms with Crippen molar-refractivity contribution in [1.82, 2.24) is 0 Å². The van der Waals surface area contributed by atoms with Crippen LogP contribution in [0, 0.1) is 13.8 Å². The van der Waals surface area contributed by atoms with Crippen LogP contribution in [0.2, 0.25) is 0 Å². The molecule has 0 heterocycles. The quantitative estimate of drug-likeness (QED) is 0.158. The first-order chi connectivity index (χ1) is 26.6. The van der Waals surface area contributed by atoms with E-state index in [0.29, 0.717) is 0 Å². The van der Waals surface area contributed by atoms with Gasteiger partial charge in [-0.15, -0.1) is 0 Å². The van der Waals surface area contributed by atoms with E-state index in [4.69, 9.17) is 0 Å². The Balaban J connectivity index is 1.39. The van der Waals surface area contributed by atoms with Crippen molar-refractivity contribution < 1.29 is 0 Å². The SMILES string of the molecule is Cc1cc2cc3c(-c4cc(-c5ccccc5)cc(-c5ccccc5)c4)c4ccccc4c(-c4ccc5ccccc5c4-c4ccccc4)c3cc2cc1C. The van der Waals surface area contributed by atoms with Crippen molar-refractivity contribution in [3.05, 3.63) is 205 Å². The summed E-state index contributed by atoms with van der Waals surface area (Å²) < 4.78 is 0. The molecule has 0 nitrogen and oxygen atoms in total. The summed E-state index contributed by atoms with van der Waals surface area (Å²) in [4.78, 5) is 0. The smallest absolute Gasteiger partial charge is 0.00197 e. The molecule has 0 atom stereocenters. The predicted molar refractivity (Wildman–Crippen MR) is 233 cm³/mol. The van der Waals surface area contributed by atoms with Gasteiger partial charge in [0, 0.05) is 0 Å². The number of aryl methyl sites for hydroxylation is 2. The molecule has 254 valence electrons. The van der Waals surface area contributed by atoms with Gasteiger partial charge in [-0.05, 0) is 154 Å². The van der Waals surface area contributed by atoms with Gasteiger partial charge in [-0.25, -0.2) is 0 Å². The van der Waals surface area contributed by atoms with Crippen molar-refractivity contribution >= 4 is 43.1 Å². The van der Waals surface area contributed by atoms with E-state index in [9.17, 15) is 0 Å². The number of rotatable bonds is 5. The van der Waals surface area contributed by atoms with Gasteiger partial charge in [-0.1, -0.05) is 164 Å². The third-order valence-corrected chi connectivity index (χ3v) is 11.3. The first kappa shape index (κ1) is 31.9. The molecule has 0 bridgehead atoms. The highest BCUT2D eigenvalue weighted by Gasteiger charge is 2.22. The molecule has 0 saturated heterocycles. The molecule has 10 rings (SSSR count). The zero-order valence-electron chi connectivity index (χ0n) is 30.5. The minimum absolute atomic E-state index is 1.21. The summed E-state index contributed by atoms with van der Waals surface area (Å²) in [6, 6.07) is 71.9. The molecule has 0 aliphatic rings. The van der Waals surface area contributed by atoms with Crippen LogP contribution in [-0.4, -0.2) is 0 Å². The van der Waals surface area contributed by atoms with Crippen LogP contribution in [0.25, 0.3) is 98.7 Å². The van der Waals surface area contributed by atoms with E-state index >= 15 is 0 Å². The maximum atomic E-state index is 2.46. The molecule has 0 spiro atoms. The van der Waals surface area contributed by atoms with Gasteiger partial charge in [0.05, 0.1) is 0 Å². The molecule has 0 aliphatic heterocycles. The lowest BCUT2D eigenvalue weighted by molar-refractivity contribution is 1.37. The van der Waals surface area contributed by atoms with E-state index in [1.54, 1.807) is 0 Å². The summed E-state index contributed by atoms with van der Waals surface area (Å²) in [5.41, 5.74) is 15.0. The molecule has 0 amide bonds. The van der Waals surface area contributed by atoms with E-state index in [-0.39, 0.29) is 0 Å². The Hall–Kier alpha value is -6.76. The molecule has 0 aromatic heterocycles. The van der Waals surface area contributed by atoms with Crippen molar-refractivity contribution in [2.75, 3.05) is 0 Å². The second-order valence-corrected chi connectivity index (χ2v) is 14.6. The van der Waals surface area contributed by atoms with Crippen molar-refractivity contribution in [3.8, 4) is 55.6 Å². The van der Waals surface area contributed by atoms with Crippen LogP contribution in [0.15, 0.2) is 194 Å². The van der Waals surface area contributed by atoms with Crippen LogP contribution in [0.3, 0.4) is 0 Å². The van der Waals surface area contributed by atoms with Crippen LogP contribution >= 0.6 is 0 Å². The van der Waals surface area contributed by atoms with Crippen molar-refractivity contribution in [2.45, 2.75) is 13.8 Å². The number of fused-ring (bicyclic) bond motifs is 4. The molecular formula is C54H38. The topological polar surface area (TPSA) is 0 Å². The Morgan fingerprint density at radius 3 is 1.26 bits per heavy atom. The molecule has 0 fully saturated rings. The van der Waals surface area contributed by atoms with E-state index in [1.807, 2.05) is 0 Å². The molecule has 0 N–H and O–H groups in total. The number of hydrogen-bond acceptors (Lipinski definition) is 0. The fourth-order valence-electron chi connectivity index (χ4n) is 8.56. The van der Waals surface area contributed by atoms with E-state index in [1.165, 1.54) is 110 Å². The molecule has 0 aliphatic carbocycles. The molecular weight excluding hydrogens is 649 g/mol. The molecule has 10 aromatic rings. The first-order valence-electron chi connectivity index (χ1n) is 18.8. The minimum Gasteiger partial charge on any atom is -0.0622 e. The summed E-state index contributed by atoms with van der Waals surface area (Å²) in [5.74, 6) is 0. The van der Waals surface area contributed by atoms with Gasteiger partial charge in [-0.3, -0.25) is 0 Å². The first-order valence-corrected chi connectivity index (χ1v) is 18.8. The second kappa shape index (κ2) is 13.0.